The molecule has 0 spiro atoms. The van der Waals surface area contributed by atoms with Crippen molar-refractivity contribution in [3.8, 4) is 0 Å². The summed E-state index contributed by atoms with van der Waals surface area (Å²) in [5.41, 5.74) is 1.77. The molecule has 0 aliphatic carbocycles. The molecule has 2 aromatic rings. The Morgan fingerprint density at radius 1 is 1.06 bits per heavy atom. The third-order valence-corrected chi connectivity index (χ3v) is 6.34. The minimum atomic E-state index is -0.591. The lowest BCUT2D eigenvalue weighted by Gasteiger charge is -2.37. The number of amides is 3. The van der Waals surface area contributed by atoms with Crippen LogP contribution in [0.5, 0.6) is 0 Å². The number of ether oxygens (including phenoxy) is 1. The molecule has 1 unspecified atom stereocenters. The monoisotopic (exact) mass is 468 g/mol. The zero-order valence-corrected chi connectivity index (χ0v) is 19.6. The van der Waals surface area contributed by atoms with Gasteiger partial charge in [-0.3, -0.25) is 14.4 Å². The number of likely N-dealkylation sites (N-methyl/N-ethyl adjacent to an activating group) is 1. The lowest BCUT2D eigenvalue weighted by atomic mass is 10.00. The summed E-state index contributed by atoms with van der Waals surface area (Å²) in [6, 6.07) is 10.4. The van der Waals surface area contributed by atoms with Gasteiger partial charge in [0.25, 0.3) is 5.91 Å². The molecule has 2 aliphatic rings. The van der Waals surface area contributed by atoms with Crippen LogP contribution in [0.25, 0.3) is 0 Å². The van der Waals surface area contributed by atoms with E-state index in [0.717, 1.165) is 31.6 Å². The summed E-state index contributed by atoms with van der Waals surface area (Å²) in [6.07, 6.45) is 3.72. The normalized spacial score (nSPS) is 18.4. The number of likely N-dealkylation sites (tertiary alicyclic amines) is 1. The molecule has 3 amide bonds. The van der Waals surface area contributed by atoms with Crippen molar-refractivity contribution in [3.05, 3.63) is 48.4 Å². The van der Waals surface area contributed by atoms with E-state index in [1.807, 2.05) is 31.2 Å². The van der Waals surface area contributed by atoms with Crippen molar-refractivity contribution in [2.45, 2.75) is 32.2 Å². The van der Waals surface area contributed by atoms with E-state index in [1.54, 1.807) is 17.0 Å². The first-order valence-electron chi connectivity index (χ1n) is 11.9. The molecule has 0 bridgehead atoms. The molecule has 34 heavy (non-hydrogen) atoms. The van der Waals surface area contributed by atoms with Crippen LogP contribution in [-0.4, -0.2) is 79.5 Å². The zero-order valence-electron chi connectivity index (χ0n) is 19.6. The first kappa shape index (κ1) is 23.8. The van der Waals surface area contributed by atoms with Crippen molar-refractivity contribution in [3.63, 3.8) is 0 Å². The second kappa shape index (κ2) is 11.2. The smallest absolute Gasteiger partial charge is 0.290 e. The van der Waals surface area contributed by atoms with Gasteiger partial charge in [0.15, 0.2) is 5.76 Å². The van der Waals surface area contributed by atoms with Gasteiger partial charge in [0.1, 0.15) is 6.04 Å². The first-order valence-corrected chi connectivity index (χ1v) is 11.9. The van der Waals surface area contributed by atoms with E-state index < -0.39 is 6.04 Å². The van der Waals surface area contributed by atoms with Crippen LogP contribution in [0, 0.1) is 0 Å². The summed E-state index contributed by atoms with van der Waals surface area (Å²) < 4.78 is 10.6. The van der Waals surface area contributed by atoms with E-state index in [1.165, 1.54) is 11.2 Å². The van der Waals surface area contributed by atoms with Crippen LogP contribution >= 0.6 is 0 Å². The van der Waals surface area contributed by atoms with Gasteiger partial charge in [-0.05, 0) is 62.6 Å². The number of rotatable bonds is 7. The van der Waals surface area contributed by atoms with Crippen molar-refractivity contribution in [1.82, 2.24) is 9.80 Å². The van der Waals surface area contributed by atoms with E-state index in [-0.39, 0.29) is 30.0 Å². The molecular weight excluding hydrogens is 436 g/mol. The Morgan fingerprint density at radius 2 is 1.82 bits per heavy atom. The standard InChI is InChI=1S/C25H32N4O5/c1-2-27(24(31)21-6-3-4-12-29(21)25(32)22-7-5-15-34-22)18-23(30)26-19-8-10-20(11-9-19)28-13-16-33-17-14-28/h5,7-11,15,21H,2-4,6,12-14,16-18H2,1H3,(H,26,30). The van der Waals surface area contributed by atoms with Gasteiger partial charge in [-0.1, -0.05) is 0 Å². The highest BCUT2D eigenvalue weighted by molar-refractivity contribution is 5.98. The number of anilines is 2. The third kappa shape index (κ3) is 5.59. The lowest BCUT2D eigenvalue weighted by Crippen LogP contribution is -2.54. The number of carbonyl (C=O) groups is 3. The van der Waals surface area contributed by atoms with Gasteiger partial charge in [0, 0.05) is 37.6 Å². The average molecular weight is 469 g/mol. The van der Waals surface area contributed by atoms with Crippen molar-refractivity contribution in [2.75, 3.05) is 56.2 Å². The fourth-order valence-electron chi connectivity index (χ4n) is 4.48. The number of hydrogen-bond acceptors (Lipinski definition) is 6. The summed E-state index contributed by atoms with van der Waals surface area (Å²) in [7, 11) is 0. The predicted molar refractivity (Wildman–Crippen MR) is 128 cm³/mol. The highest BCUT2D eigenvalue weighted by Gasteiger charge is 2.36. The van der Waals surface area contributed by atoms with Crippen LogP contribution in [0.4, 0.5) is 11.4 Å². The Labute approximate surface area is 199 Å². The molecule has 2 fully saturated rings. The summed E-state index contributed by atoms with van der Waals surface area (Å²) >= 11 is 0. The molecule has 3 heterocycles. The van der Waals surface area contributed by atoms with Gasteiger partial charge in [-0.2, -0.15) is 0 Å². The van der Waals surface area contributed by atoms with E-state index in [0.29, 0.717) is 38.4 Å². The molecule has 0 saturated carbocycles. The number of carbonyl (C=O) groups excluding carboxylic acids is 3. The molecule has 4 rings (SSSR count). The number of furan rings is 1. The van der Waals surface area contributed by atoms with Crippen molar-refractivity contribution >= 4 is 29.1 Å². The minimum absolute atomic E-state index is 0.0696. The van der Waals surface area contributed by atoms with E-state index >= 15 is 0 Å². The van der Waals surface area contributed by atoms with Gasteiger partial charge in [-0.15, -0.1) is 0 Å². The molecule has 1 aromatic carbocycles. The highest BCUT2D eigenvalue weighted by atomic mass is 16.5. The highest BCUT2D eigenvalue weighted by Crippen LogP contribution is 2.22. The van der Waals surface area contributed by atoms with Crippen LogP contribution in [0.1, 0.15) is 36.7 Å². The Bertz CT molecular complexity index is 970. The molecule has 2 aliphatic heterocycles. The molecule has 9 heteroatoms. The fraction of sp³-hybridized carbons (Fsp3) is 0.480. The quantitative estimate of drug-likeness (QED) is 0.671. The maximum absolute atomic E-state index is 13.3. The SMILES string of the molecule is CCN(CC(=O)Nc1ccc(N2CCOCC2)cc1)C(=O)C1CCCCN1C(=O)c1ccco1. The maximum Gasteiger partial charge on any atom is 0.290 e. The number of morpholine rings is 1. The number of nitrogens with one attached hydrogen (secondary N) is 1. The fourth-order valence-corrected chi connectivity index (χ4v) is 4.48. The summed E-state index contributed by atoms with van der Waals surface area (Å²) in [5, 5.41) is 2.88. The summed E-state index contributed by atoms with van der Waals surface area (Å²) in [5.74, 6) is -0.543. The minimum Gasteiger partial charge on any atom is -0.459 e. The molecule has 9 nitrogen and oxygen atoms in total. The first-order chi connectivity index (χ1) is 16.6. The van der Waals surface area contributed by atoms with Crippen LogP contribution in [0.15, 0.2) is 47.1 Å². The van der Waals surface area contributed by atoms with Crippen LogP contribution in [0.3, 0.4) is 0 Å². The second-order valence-corrected chi connectivity index (χ2v) is 8.53. The van der Waals surface area contributed by atoms with Gasteiger partial charge in [0.2, 0.25) is 11.8 Å². The second-order valence-electron chi connectivity index (χ2n) is 8.53. The maximum atomic E-state index is 13.3. The Morgan fingerprint density at radius 3 is 2.50 bits per heavy atom. The molecule has 1 atom stereocenters. The van der Waals surface area contributed by atoms with Gasteiger partial charge >= 0.3 is 0 Å². The molecule has 0 radical (unpaired) electrons. The lowest BCUT2D eigenvalue weighted by molar-refractivity contribution is -0.139. The Hall–Kier alpha value is -3.33. The van der Waals surface area contributed by atoms with Crippen LogP contribution in [-0.2, 0) is 14.3 Å². The van der Waals surface area contributed by atoms with Gasteiger partial charge in [-0.25, -0.2) is 0 Å². The number of piperidine rings is 1. The summed E-state index contributed by atoms with van der Waals surface area (Å²) in [4.78, 5) is 44.3. The summed E-state index contributed by atoms with van der Waals surface area (Å²) in [6.45, 7) is 5.76. The van der Waals surface area contributed by atoms with Crippen molar-refractivity contribution in [1.29, 1.82) is 0 Å². The number of benzene rings is 1. The zero-order chi connectivity index (χ0) is 23.9. The van der Waals surface area contributed by atoms with Crippen LogP contribution < -0.4 is 10.2 Å². The predicted octanol–water partition coefficient (Wildman–Crippen LogP) is 2.60. The largest absolute Gasteiger partial charge is 0.459 e. The van der Waals surface area contributed by atoms with Gasteiger partial charge < -0.3 is 29.2 Å². The van der Waals surface area contributed by atoms with E-state index in [4.69, 9.17) is 9.15 Å². The van der Waals surface area contributed by atoms with Crippen LogP contribution in [0.2, 0.25) is 0 Å². The number of hydrogen-bond donors (Lipinski definition) is 1. The van der Waals surface area contributed by atoms with E-state index in [9.17, 15) is 14.4 Å². The topological polar surface area (TPSA) is 95.3 Å². The molecule has 1 aromatic heterocycles. The molecular formula is C25H32N4O5. The van der Waals surface area contributed by atoms with Crippen molar-refractivity contribution < 1.29 is 23.5 Å². The molecule has 2 saturated heterocycles. The number of nitrogens with zero attached hydrogens (tertiary/aromatic N) is 3. The Kier molecular flexibility index (Phi) is 7.84. The van der Waals surface area contributed by atoms with Crippen molar-refractivity contribution in [2.24, 2.45) is 0 Å². The Balaban J connectivity index is 1.36. The molecule has 1 N–H and O–H groups in total. The van der Waals surface area contributed by atoms with E-state index in [2.05, 4.69) is 10.2 Å². The average Bonchev–Trinajstić information content (AvgIpc) is 3.42. The molecule has 182 valence electrons. The van der Waals surface area contributed by atoms with Gasteiger partial charge in [0.05, 0.1) is 26.0 Å². The third-order valence-electron chi connectivity index (χ3n) is 6.34.